The number of hydrogen-bond acceptors (Lipinski definition) is 2. The Bertz CT molecular complexity index is 378. The van der Waals surface area contributed by atoms with Gasteiger partial charge in [0.2, 0.25) is 0 Å². The van der Waals surface area contributed by atoms with Gasteiger partial charge in [-0.3, -0.25) is 4.90 Å². The predicted octanol–water partition coefficient (Wildman–Crippen LogP) is 2.18. The van der Waals surface area contributed by atoms with Gasteiger partial charge in [-0.2, -0.15) is 0 Å². The molecule has 1 aliphatic heterocycles. The first-order valence-electron chi connectivity index (χ1n) is 6.31. The Labute approximate surface area is 103 Å². The van der Waals surface area contributed by atoms with Gasteiger partial charge < -0.3 is 5.32 Å². The van der Waals surface area contributed by atoms with Crippen molar-refractivity contribution in [2.45, 2.75) is 19.9 Å². The van der Waals surface area contributed by atoms with E-state index >= 15 is 0 Å². The van der Waals surface area contributed by atoms with Crippen LogP contribution in [0.2, 0.25) is 0 Å². The average molecular weight is 236 g/mol. The van der Waals surface area contributed by atoms with Gasteiger partial charge in [-0.1, -0.05) is 6.07 Å². The summed E-state index contributed by atoms with van der Waals surface area (Å²) >= 11 is 0. The van der Waals surface area contributed by atoms with Crippen LogP contribution in [0, 0.1) is 18.7 Å². The quantitative estimate of drug-likeness (QED) is 0.862. The van der Waals surface area contributed by atoms with Gasteiger partial charge in [0.1, 0.15) is 5.82 Å². The highest BCUT2D eigenvalue weighted by molar-refractivity contribution is 5.26. The number of halogens is 1. The van der Waals surface area contributed by atoms with E-state index in [1.54, 1.807) is 6.07 Å². The Morgan fingerprint density at radius 1 is 1.47 bits per heavy atom. The van der Waals surface area contributed by atoms with Crippen molar-refractivity contribution in [3.05, 3.63) is 35.1 Å². The smallest absolute Gasteiger partial charge is 0.123 e. The molecule has 1 unspecified atom stereocenters. The summed E-state index contributed by atoms with van der Waals surface area (Å²) in [6.45, 7) is 6.26. The van der Waals surface area contributed by atoms with Crippen LogP contribution in [0.5, 0.6) is 0 Å². The van der Waals surface area contributed by atoms with Crippen molar-refractivity contribution in [1.82, 2.24) is 10.2 Å². The Morgan fingerprint density at radius 3 is 3.06 bits per heavy atom. The molecule has 94 valence electrons. The van der Waals surface area contributed by atoms with Gasteiger partial charge in [0.05, 0.1) is 0 Å². The van der Waals surface area contributed by atoms with E-state index in [1.165, 1.54) is 18.1 Å². The second-order valence-electron chi connectivity index (χ2n) is 5.02. The molecule has 1 aliphatic rings. The van der Waals surface area contributed by atoms with Gasteiger partial charge in [-0.05, 0) is 62.7 Å². The lowest BCUT2D eigenvalue weighted by Crippen LogP contribution is -2.24. The van der Waals surface area contributed by atoms with Gasteiger partial charge in [0.15, 0.2) is 0 Å². The zero-order chi connectivity index (χ0) is 12.3. The number of nitrogens with zero attached hydrogens (tertiary/aromatic N) is 1. The highest BCUT2D eigenvalue weighted by Crippen LogP contribution is 2.20. The van der Waals surface area contributed by atoms with Crippen molar-refractivity contribution in [3.63, 3.8) is 0 Å². The molecular weight excluding hydrogens is 215 g/mol. The van der Waals surface area contributed by atoms with Crippen LogP contribution in [0.25, 0.3) is 0 Å². The molecule has 0 aromatic heterocycles. The zero-order valence-electron chi connectivity index (χ0n) is 10.7. The molecule has 1 heterocycles. The van der Waals surface area contributed by atoms with Crippen LogP contribution in [0.4, 0.5) is 4.39 Å². The fourth-order valence-electron chi connectivity index (χ4n) is 2.56. The number of likely N-dealkylation sites (tertiary alicyclic amines) is 1. The lowest BCUT2D eigenvalue weighted by Gasteiger charge is -2.17. The normalized spacial score (nSPS) is 21.0. The fourth-order valence-corrected chi connectivity index (χ4v) is 2.56. The van der Waals surface area contributed by atoms with Gasteiger partial charge in [0.25, 0.3) is 0 Å². The third-order valence-electron chi connectivity index (χ3n) is 3.57. The monoisotopic (exact) mass is 236 g/mol. The molecule has 17 heavy (non-hydrogen) atoms. The molecule has 0 spiro atoms. The van der Waals surface area contributed by atoms with E-state index in [4.69, 9.17) is 0 Å². The molecule has 1 N–H and O–H groups in total. The van der Waals surface area contributed by atoms with Crippen molar-refractivity contribution in [2.75, 3.05) is 26.7 Å². The van der Waals surface area contributed by atoms with E-state index in [2.05, 4.69) is 17.1 Å². The first kappa shape index (κ1) is 12.5. The van der Waals surface area contributed by atoms with Crippen molar-refractivity contribution in [1.29, 1.82) is 0 Å². The Balaban J connectivity index is 1.95. The first-order valence-corrected chi connectivity index (χ1v) is 6.31. The molecule has 1 fully saturated rings. The van der Waals surface area contributed by atoms with Crippen molar-refractivity contribution < 1.29 is 4.39 Å². The number of aryl methyl sites for hydroxylation is 1. The summed E-state index contributed by atoms with van der Waals surface area (Å²) in [5.74, 6) is 0.616. The van der Waals surface area contributed by atoms with Crippen LogP contribution in [0.3, 0.4) is 0 Å². The van der Waals surface area contributed by atoms with Crippen LogP contribution in [0.15, 0.2) is 18.2 Å². The lowest BCUT2D eigenvalue weighted by atomic mass is 10.1. The number of benzene rings is 1. The minimum absolute atomic E-state index is 0.128. The van der Waals surface area contributed by atoms with E-state index in [9.17, 15) is 4.39 Å². The Hall–Kier alpha value is -0.930. The van der Waals surface area contributed by atoms with Crippen LogP contribution in [-0.2, 0) is 6.54 Å². The topological polar surface area (TPSA) is 15.3 Å². The molecule has 2 nitrogen and oxygen atoms in total. The Kier molecular flexibility index (Phi) is 4.13. The second kappa shape index (κ2) is 5.61. The minimum atomic E-state index is -0.128. The maximum Gasteiger partial charge on any atom is 0.123 e. The average Bonchev–Trinajstić information content (AvgIpc) is 2.72. The third kappa shape index (κ3) is 3.27. The lowest BCUT2D eigenvalue weighted by molar-refractivity contribution is 0.314. The van der Waals surface area contributed by atoms with E-state index < -0.39 is 0 Å². The van der Waals surface area contributed by atoms with E-state index in [0.717, 1.165) is 37.7 Å². The standard InChI is InChI=1S/C14H21FN2/c1-11-3-4-14(15)7-13(11)10-17-6-5-12(9-17)8-16-2/h3-4,7,12,16H,5-6,8-10H2,1-2H3. The summed E-state index contributed by atoms with van der Waals surface area (Å²) in [6.07, 6.45) is 1.25. The van der Waals surface area contributed by atoms with Gasteiger partial charge >= 0.3 is 0 Å². The van der Waals surface area contributed by atoms with Crippen LogP contribution >= 0.6 is 0 Å². The van der Waals surface area contributed by atoms with Crippen molar-refractivity contribution in [3.8, 4) is 0 Å². The molecule has 2 rings (SSSR count). The highest BCUT2D eigenvalue weighted by Gasteiger charge is 2.22. The van der Waals surface area contributed by atoms with E-state index in [-0.39, 0.29) is 5.82 Å². The van der Waals surface area contributed by atoms with Crippen LogP contribution < -0.4 is 5.32 Å². The number of nitrogens with one attached hydrogen (secondary N) is 1. The SMILES string of the molecule is CNCC1CCN(Cc2cc(F)ccc2C)C1. The van der Waals surface area contributed by atoms with Gasteiger partial charge in [-0.25, -0.2) is 4.39 Å². The van der Waals surface area contributed by atoms with Crippen molar-refractivity contribution >= 4 is 0 Å². The summed E-state index contributed by atoms with van der Waals surface area (Å²) in [5, 5.41) is 3.23. The van der Waals surface area contributed by atoms with Crippen molar-refractivity contribution in [2.24, 2.45) is 5.92 Å². The molecular formula is C14H21FN2. The predicted molar refractivity (Wildman–Crippen MR) is 68.4 cm³/mol. The summed E-state index contributed by atoms with van der Waals surface area (Å²) in [7, 11) is 2.00. The van der Waals surface area contributed by atoms with Crippen LogP contribution in [-0.4, -0.2) is 31.6 Å². The summed E-state index contributed by atoms with van der Waals surface area (Å²) in [5.41, 5.74) is 2.30. The maximum absolute atomic E-state index is 13.2. The molecule has 0 bridgehead atoms. The minimum Gasteiger partial charge on any atom is -0.319 e. The number of hydrogen-bond donors (Lipinski definition) is 1. The Morgan fingerprint density at radius 2 is 2.29 bits per heavy atom. The summed E-state index contributed by atoms with van der Waals surface area (Å²) < 4.78 is 13.2. The fraction of sp³-hybridized carbons (Fsp3) is 0.571. The molecule has 1 atom stereocenters. The van der Waals surface area contributed by atoms with Gasteiger partial charge in [-0.15, -0.1) is 0 Å². The molecule has 0 aliphatic carbocycles. The van der Waals surface area contributed by atoms with Crippen LogP contribution in [0.1, 0.15) is 17.5 Å². The number of rotatable bonds is 4. The molecule has 1 aromatic rings. The molecule has 0 radical (unpaired) electrons. The largest absolute Gasteiger partial charge is 0.319 e. The van der Waals surface area contributed by atoms with E-state index in [1.807, 2.05) is 13.1 Å². The van der Waals surface area contributed by atoms with E-state index in [0.29, 0.717) is 0 Å². The maximum atomic E-state index is 13.2. The third-order valence-corrected chi connectivity index (χ3v) is 3.57. The second-order valence-corrected chi connectivity index (χ2v) is 5.02. The molecule has 3 heteroatoms. The molecule has 1 aromatic carbocycles. The van der Waals surface area contributed by atoms with Gasteiger partial charge in [0, 0.05) is 13.1 Å². The summed E-state index contributed by atoms with van der Waals surface area (Å²) in [4.78, 5) is 2.42. The molecule has 1 saturated heterocycles. The summed E-state index contributed by atoms with van der Waals surface area (Å²) in [6, 6.07) is 5.07. The highest BCUT2D eigenvalue weighted by atomic mass is 19.1. The molecule has 0 saturated carbocycles. The molecule has 0 amide bonds. The zero-order valence-corrected chi connectivity index (χ0v) is 10.7. The first-order chi connectivity index (χ1) is 8.19.